The molecule has 13 heteroatoms. The van der Waals surface area contributed by atoms with Crippen LogP contribution in [0.1, 0.15) is 24.0 Å². The minimum atomic E-state index is -1.52. The van der Waals surface area contributed by atoms with E-state index in [2.05, 4.69) is 20.9 Å². The normalized spacial score (nSPS) is 13.9. The minimum Gasteiger partial charge on any atom is -0.481 e. The smallest absolute Gasteiger partial charge is 0.326 e. The van der Waals surface area contributed by atoms with Crippen molar-refractivity contribution in [1.29, 1.82) is 0 Å². The molecular weight excluding hydrogens is 562 g/mol. The summed E-state index contributed by atoms with van der Waals surface area (Å²) in [7, 11) is 0. The number of nitrogens with one attached hydrogen (secondary N) is 4. The molecular formula is C29H35N5O7S. The monoisotopic (exact) mass is 597 g/mol. The van der Waals surface area contributed by atoms with Crippen molar-refractivity contribution >= 4 is 52.3 Å². The Labute approximate surface area is 246 Å². The van der Waals surface area contributed by atoms with E-state index in [4.69, 9.17) is 5.73 Å². The molecule has 1 heterocycles. The number of benzene rings is 2. The molecule has 0 fully saturated rings. The first-order valence-electron chi connectivity index (χ1n) is 13.3. The highest BCUT2D eigenvalue weighted by Gasteiger charge is 2.31. The van der Waals surface area contributed by atoms with Crippen LogP contribution in [0.25, 0.3) is 10.9 Å². The van der Waals surface area contributed by atoms with E-state index in [0.717, 1.165) is 16.5 Å². The highest BCUT2D eigenvalue weighted by Crippen LogP contribution is 2.19. The summed E-state index contributed by atoms with van der Waals surface area (Å²) < 4.78 is 0. The maximum absolute atomic E-state index is 13.2. The summed E-state index contributed by atoms with van der Waals surface area (Å²) in [6.45, 7) is 0. The van der Waals surface area contributed by atoms with Gasteiger partial charge in [0.05, 0.1) is 12.5 Å². The van der Waals surface area contributed by atoms with Crippen molar-refractivity contribution in [3.05, 3.63) is 71.9 Å². The molecule has 8 N–H and O–H groups in total. The van der Waals surface area contributed by atoms with Gasteiger partial charge in [-0.15, -0.1) is 0 Å². The highest BCUT2D eigenvalue weighted by atomic mass is 32.2. The summed E-state index contributed by atoms with van der Waals surface area (Å²) in [6.07, 6.45) is 3.08. The number of amides is 3. The molecule has 0 radical (unpaired) electrons. The molecule has 0 aliphatic rings. The number of para-hydroxylation sites is 1. The number of carbonyl (C=O) groups is 5. The van der Waals surface area contributed by atoms with E-state index in [1.807, 2.05) is 24.3 Å². The lowest BCUT2D eigenvalue weighted by Gasteiger charge is -2.24. The molecule has 42 heavy (non-hydrogen) atoms. The molecule has 0 aliphatic carbocycles. The molecule has 224 valence electrons. The van der Waals surface area contributed by atoms with E-state index in [1.165, 1.54) is 11.8 Å². The minimum absolute atomic E-state index is 0.0249. The van der Waals surface area contributed by atoms with Gasteiger partial charge < -0.3 is 36.9 Å². The number of fused-ring (bicyclic) bond motifs is 1. The number of aliphatic carboxylic acids is 2. The fourth-order valence-electron chi connectivity index (χ4n) is 4.39. The van der Waals surface area contributed by atoms with Gasteiger partial charge in [0.1, 0.15) is 18.1 Å². The number of carboxylic acid groups (broad SMARTS) is 2. The summed E-state index contributed by atoms with van der Waals surface area (Å²) in [5, 5.41) is 27.3. The van der Waals surface area contributed by atoms with Crippen LogP contribution in [0.3, 0.4) is 0 Å². The van der Waals surface area contributed by atoms with Crippen molar-refractivity contribution in [1.82, 2.24) is 20.9 Å². The Kier molecular flexibility index (Phi) is 11.9. The topological polar surface area (TPSA) is 204 Å². The summed E-state index contributed by atoms with van der Waals surface area (Å²) in [5.41, 5.74) is 8.46. The number of hydrogen-bond acceptors (Lipinski definition) is 7. The summed E-state index contributed by atoms with van der Waals surface area (Å²) in [6, 6.07) is 11.2. The van der Waals surface area contributed by atoms with E-state index in [0.29, 0.717) is 11.3 Å². The number of aromatic amines is 1. The second-order valence-electron chi connectivity index (χ2n) is 9.76. The third-order valence-corrected chi connectivity index (χ3v) is 7.25. The maximum atomic E-state index is 13.2. The van der Waals surface area contributed by atoms with Gasteiger partial charge in [-0.05, 0) is 42.0 Å². The fraction of sp³-hybridized carbons (Fsp3) is 0.345. The molecule has 3 rings (SSSR count). The van der Waals surface area contributed by atoms with Crippen LogP contribution in [-0.2, 0) is 36.8 Å². The van der Waals surface area contributed by atoms with Crippen molar-refractivity contribution in [3.63, 3.8) is 0 Å². The van der Waals surface area contributed by atoms with Crippen LogP contribution in [0, 0.1) is 0 Å². The third-order valence-electron chi connectivity index (χ3n) is 6.60. The molecule has 0 saturated heterocycles. The summed E-state index contributed by atoms with van der Waals surface area (Å²) >= 11 is 1.41. The van der Waals surface area contributed by atoms with Crippen LogP contribution in [-0.4, -0.2) is 81.0 Å². The van der Waals surface area contributed by atoms with Crippen LogP contribution in [0.5, 0.6) is 0 Å². The number of H-pyrrole nitrogens is 1. The fourth-order valence-corrected chi connectivity index (χ4v) is 4.86. The van der Waals surface area contributed by atoms with Gasteiger partial charge in [-0.1, -0.05) is 48.5 Å². The lowest BCUT2D eigenvalue weighted by atomic mass is 10.0. The van der Waals surface area contributed by atoms with Gasteiger partial charge >= 0.3 is 11.9 Å². The summed E-state index contributed by atoms with van der Waals surface area (Å²) in [5.74, 6) is -4.53. The van der Waals surface area contributed by atoms with Crippen LogP contribution in [0.4, 0.5) is 0 Å². The number of hydrogen-bond donors (Lipinski definition) is 7. The number of nitrogens with two attached hydrogens (primary N) is 1. The Morgan fingerprint density at radius 2 is 1.45 bits per heavy atom. The van der Waals surface area contributed by atoms with Gasteiger partial charge in [0.2, 0.25) is 17.7 Å². The Hall–Kier alpha value is -4.36. The van der Waals surface area contributed by atoms with E-state index in [9.17, 15) is 34.2 Å². The molecule has 0 bridgehead atoms. The molecule has 4 unspecified atom stereocenters. The highest BCUT2D eigenvalue weighted by molar-refractivity contribution is 7.98. The third kappa shape index (κ3) is 9.35. The number of rotatable bonds is 16. The summed E-state index contributed by atoms with van der Waals surface area (Å²) in [4.78, 5) is 65.7. The zero-order valence-electron chi connectivity index (χ0n) is 23.0. The largest absolute Gasteiger partial charge is 0.481 e. The average molecular weight is 598 g/mol. The van der Waals surface area contributed by atoms with Crippen molar-refractivity contribution in [3.8, 4) is 0 Å². The predicted octanol–water partition coefficient (Wildman–Crippen LogP) is 1.05. The number of thioether (sulfide) groups is 1. The Bertz CT molecular complexity index is 1400. The van der Waals surface area contributed by atoms with E-state index in [-0.39, 0.29) is 19.3 Å². The quantitative estimate of drug-likeness (QED) is 0.126. The van der Waals surface area contributed by atoms with Gasteiger partial charge in [0.15, 0.2) is 0 Å². The first kappa shape index (κ1) is 32.2. The van der Waals surface area contributed by atoms with Crippen LogP contribution < -0.4 is 21.7 Å². The van der Waals surface area contributed by atoms with Crippen molar-refractivity contribution < 1.29 is 34.2 Å². The molecule has 3 aromatic rings. The van der Waals surface area contributed by atoms with Crippen LogP contribution in [0.15, 0.2) is 60.8 Å². The zero-order valence-corrected chi connectivity index (χ0v) is 23.9. The second kappa shape index (κ2) is 15.6. The first-order valence-corrected chi connectivity index (χ1v) is 14.7. The lowest BCUT2D eigenvalue weighted by Crippen LogP contribution is -2.58. The number of aromatic nitrogens is 1. The zero-order chi connectivity index (χ0) is 30.6. The van der Waals surface area contributed by atoms with Crippen molar-refractivity contribution in [2.45, 2.75) is 49.9 Å². The Balaban J connectivity index is 1.69. The van der Waals surface area contributed by atoms with E-state index < -0.39 is 60.2 Å². The molecule has 0 aliphatic heterocycles. The predicted molar refractivity (Wildman–Crippen MR) is 159 cm³/mol. The van der Waals surface area contributed by atoms with Crippen LogP contribution >= 0.6 is 11.8 Å². The maximum Gasteiger partial charge on any atom is 0.326 e. The molecule has 0 saturated carbocycles. The number of carbonyl (C=O) groups excluding carboxylic acids is 3. The Morgan fingerprint density at radius 1 is 0.833 bits per heavy atom. The van der Waals surface area contributed by atoms with E-state index >= 15 is 0 Å². The average Bonchev–Trinajstić information content (AvgIpc) is 3.37. The molecule has 4 atom stereocenters. The van der Waals surface area contributed by atoms with Gasteiger partial charge in [-0.3, -0.25) is 19.2 Å². The van der Waals surface area contributed by atoms with Crippen LogP contribution in [0.2, 0.25) is 0 Å². The Morgan fingerprint density at radius 3 is 2.12 bits per heavy atom. The van der Waals surface area contributed by atoms with Gasteiger partial charge in [0.25, 0.3) is 0 Å². The van der Waals surface area contributed by atoms with Crippen molar-refractivity contribution in [2.24, 2.45) is 5.73 Å². The van der Waals surface area contributed by atoms with Gasteiger partial charge in [-0.25, -0.2) is 4.79 Å². The second-order valence-corrected chi connectivity index (χ2v) is 10.7. The molecule has 2 aromatic carbocycles. The SMILES string of the molecule is CSCCC(NC(=O)C(CC(=O)O)NC(=O)C(N)Cc1c[nH]c2ccccc12)C(=O)NC(Cc1ccccc1)C(=O)O. The van der Waals surface area contributed by atoms with Crippen molar-refractivity contribution in [2.75, 3.05) is 12.0 Å². The number of carboxylic acids is 2. The van der Waals surface area contributed by atoms with Gasteiger partial charge in [-0.2, -0.15) is 11.8 Å². The standard InChI is InChI=1S/C29H35N5O7S/c1-42-12-11-22(27(38)34-24(29(40)41)13-17-7-3-2-4-8-17)32-28(39)23(15-25(35)36)33-26(37)20(30)14-18-16-31-21-10-6-5-9-19(18)21/h2-10,16,20,22-24,31H,11-15,30H2,1H3,(H,32,39)(H,33,37)(H,34,38)(H,35,36)(H,40,41). The lowest BCUT2D eigenvalue weighted by molar-refractivity contribution is -0.143. The van der Waals surface area contributed by atoms with E-state index in [1.54, 1.807) is 42.8 Å². The van der Waals surface area contributed by atoms with Gasteiger partial charge in [0, 0.05) is 23.5 Å². The molecule has 3 amide bonds. The molecule has 0 spiro atoms. The first-order chi connectivity index (χ1) is 20.1. The molecule has 1 aromatic heterocycles. The molecule has 12 nitrogen and oxygen atoms in total.